The fraction of sp³-hybridized carbons (Fsp3) is 0.406. The SMILES string of the molecule is Cc1ncnc(C)c1C(=O)NCC[C@@H](C)N1CCC(N(Cc2cc(C#N)ccc2F)c2ccc(OCC(=O)O)cc2)CC1. The maximum absolute atomic E-state index is 14.8. The van der Waals surface area contributed by atoms with E-state index in [4.69, 9.17) is 9.84 Å². The maximum atomic E-state index is 14.8. The van der Waals surface area contributed by atoms with Crippen molar-refractivity contribution in [1.82, 2.24) is 20.2 Å². The quantitative estimate of drug-likeness (QED) is 0.319. The molecule has 2 heterocycles. The standard InChI is InChI=1S/C32H37FN6O4/c1-21(10-13-35-32(42)31-22(2)36-20-37-23(31)3)38-14-11-27(12-15-38)39(18-25-16-24(17-34)4-9-29(25)33)26-5-7-28(8-6-26)43-19-30(40)41/h4-9,16,20-21,27H,10-15,18-19H2,1-3H3,(H,35,42)(H,40,41)/t21-/m1/s1. The van der Waals surface area contributed by atoms with Crippen LogP contribution >= 0.6 is 0 Å². The number of ether oxygens (including phenoxy) is 1. The third-order valence-electron chi connectivity index (χ3n) is 7.91. The molecule has 1 aromatic heterocycles. The van der Waals surface area contributed by atoms with Crippen LogP contribution in [0.4, 0.5) is 10.1 Å². The number of halogens is 1. The molecule has 1 amide bonds. The predicted molar refractivity (Wildman–Crippen MR) is 159 cm³/mol. The Labute approximate surface area is 251 Å². The molecule has 2 aromatic carbocycles. The number of carboxylic acid groups (broad SMARTS) is 1. The van der Waals surface area contributed by atoms with Crippen molar-refractivity contribution in [2.75, 3.05) is 31.1 Å². The number of benzene rings is 2. The van der Waals surface area contributed by atoms with E-state index in [0.29, 0.717) is 40.4 Å². The van der Waals surface area contributed by atoms with Crippen molar-refractivity contribution in [2.24, 2.45) is 0 Å². The molecule has 0 unspecified atom stereocenters. The third-order valence-corrected chi connectivity index (χ3v) is 7.91. The number of aryl methyl sites for hydroxylation is 2. The van der Waals surface area contributed by atoms with E-state index in [-0.39, 0.29) is 30.4 Å². The number of carboxylic acids is 1. The van der Waals surface area contributed by atoms with Crippen LogP contribution in [0.1, 0.15) is 59.1 Å². The Hall–Kier alpha value is -4.56. The molecule has 1 atom stereocenters. The second kappa shape index (κ2) is 14.6. The predicted octanol–water partition coefficient (Wildman–Crippen LogP) is 4.25. The summed E-state index contributed by atoms with van der Waals surface area (Å²) in [7, 11) is 0. The number of amides is 1. The van der Waals surface area contributed by atoms with Crippen molar-refractivity contribution in [1.29, 1.82) is 5.26 Å². The number of nitrogens with one attached hydrogen (secondary N) is 1. The average Bonchev–Trinajstić information content (AvgIpc) is 3.00. The molecule has 0 bridgehead atoms. The number of aromatic nitrogens is 2. The maximum Gasteiger partial charge on any atom is 0.341 e. The Kier molecular flexibility index (Phi) is 10.6. The number of nitrogens with zero attached hydrogens (tertiary/aromatic N) is 5. The minimum absolute atomic E-state index is 0.114. The van der Waals surface area contributed by atoms with Gasteiger partial charge in [-0.25, -0.2) is 19.2 Å². The minimum atomic E-state index is -1.06. The van der Waals surface area contributed by atoms with E-state index in [0.717, 1.165) is 38.0 Å². The topological polar surface area (TPSA) is 132 Å². The largest absolute Gasteiger partial charge is 0.482 e. The van der Waals surface area contributed by atoms with Crippen LogP contribution in [0.3, 0.4) is 0 Å². The zero-order chi connectivity index (χ0) is 30.9. The molecule has 1 saturated heterocycles. The van der Waals surface area contributed by atoms with Crippen LogP contribution in [0.25, 0.3) is 0 Å². The van der Waals surface area contributed by atoms with Gasteiger partial charge in [0.2, 0.25) is 0 Å². The first-order valence-electron chi connectivity index (χ1n) is 14.4. The van der Waals surface area contributed by atoms with Crippen LogP contribution in [0.15, 0.2) is 48.8 Å². The number of anilines is 1. The van der Waals surface area contributed by atoms with Gasteiger partial charge in [-0.15, -0.1) is 0 Å². The van der Waals surface area contributed by atoms with Crippen molar-refractivity contribution in [3.05, 3.63) is 82.7 Å². The summed E-state index contributed by atoms with van der Waals surface area (Å²) in [6.07, 6.45) is 3.93. The number of carbonyl (C=O) groups is 2. The Morgan fingerprint density at radius 2 is 1.84 bits per heavy atom. The van der Waals surface area contributed by atoms with Gasteiger partial charge in [0.25, 0.3) is 5.91 Å². The molecule has 0 radical (unpaired) electrons. The number of piperidine rings is 1. The van der Waals surface area contributed by atoms with Crippen LogP contribution in [0.2, 0.25) is 0 Å². The highest BCUT2D eigenvalue weighted by molar-refractivity contribution is 5.96. The molecule has 1 aliphatic rings. The molecule has 4 rings (SSSR count). The number of nitriles is 1. The van der Waals surface area contributed by atoms with Gasteiger partial charge in [0.1, 0.15) is 17.9 Å². The van der Waals surface area contributed by atoms with Gasteiger partial charge in [-0.05, 0) is 82.5 Å². The number of carbonyl (C=O) groups excluding carboxylic acids is 1. The lowest BCUT2D eigenvalue weighted by molar-refractivity contribution is -0.139. The summed E-state index contributed by atoms with van der Waals surface area (Å²) in [5, 5.41) is 21.3. The van der Waals surface area contributed by atoms with Crippen molar-refractivity contribution < 1.29 is 23.8 Å². The van der Waals surface area contributed by atoms with Crippen molar-refractivity contribution >= 4 is 17.6 Å². The Balaban J connectivity index is 1.39. The first kappa shape index (κ1) is 31.4. The molecule has 0 spiro atoms. The van der Waals surface area contributed by atoms with Gasteiger partial charge >= 0.3 is 5.97 Å². The van der Waals surface area contributed by atoms with Gasteiger partial charge in [0.15, 0.2) is 6.61 Å². The molecule has 0 aliphatic carbocycles. The van der Waals surface area contributed by atoms with E-state index in [1.54, 1.807) is 32.0 Å². The van der Waals surface area contributed by atoms with Crippen LogP contribution < -0.4 is 15.0 Å². The fourth-order valence-corrected chi connectivity index (χ4v) is 5.48. The van der Waals surface area contributed by atoms with Crippen LogP contribution in [-0.2, 0) is 11.3 Å². The van der Waals surface area contributed by atoms with E-state index in [9.17, 15) is 19.2 Å². The Morgan fingerprint density at radius 3 is 2.47 bits per heavy atom. The highest BCUT2D eigenvalue weighted by atomic mass is 19.1. The van der Waals surface area contributed by atoms with E-state index < -0.39 is 12.6 Å². The van der Waals surface area contributed by atoms with E-state index in [1.807, 2.05) is 12.1 Å². The second-order valence-corrected chi connectivity index (χ2v) is 10.8. The number of likely N-dealkylation sites (tertiary alicyclic amines) is 1. The average molecular weight is 589 g/mol. The highest BCUT2D eigenvalue weighted by Gasteiger charge is 2.28. The molecule has 10 nitrogen and oxygen atoms in total. The van der Waals surface area contributed by atoms with Gasteiger partial charge in [0, 0.05) is 49.5 Å². The molecular weight excluding hydrogens is 551 g/mol. The molecule has 11 heteroatoms. The van der Waals surface area contributed by atoms with Crippen molar-refractivity contribution in [3.8, 4) is 11.8 Å². The van der Waals surface area contributed by atoms with Crippen molar-refractivity contribution in [3.63, 3.8) is 0 Å². The normalized spacial score (nSPS) is 14.5. The molecule has 43 heavy (non-hydrogen) atoms. The van der Waals surface area contributed by atoms with Gasteiger partial charge in [-0.3, -0.25) is 4.79 Å². The van der Waals surface area contributed by atoms with Gasteiger partial charge < -0.3 is 25.0 Å². The van der Waals surface area contributed by atoms with E-state index in [1.165, 1.54) is 18.5 Å². The van der Waals surface area contributed by atoms with E-state index in [2.05, 4.69) is 38.1 Å². The number of hydrogen-bond acceptors (Lipinski definition) is 8. The van der Waals surface area contributed by atoms with Crippen LogP contribution in [-0.4, -0.2) is 70.2 Å². The molecule has 1 aliphatic heterocycles. The van der Waals surface area contributed by atoms with Crippen LogP contribution in [0, 0.1) is 31.0 Å². The fourth-order valence-electron chi connectivity index (χ4n) is 5.48. The van der Waals surface area contributed by atoms with Crippen molar-refractivity contribution in [2.45, 2.75) is 58.7 Å². The number of aliphatic carboxylic acids is 1. The second-order valence-electron chi connectivity index (χ2n) is 10.8. The molecular formula is C32H37FN6O4. The summed E-state index contributed by atoms with van der Waals surface area (Å²) in [4.78, 5) is 36.4. The van der Waals surface area contributed by atoms with Crippen LogP contribution in [0.5, 0.6) is 5.75 Å². The first-order valence-corrected chi connectivity index (χ1v) is 14.4. The lowest BCUT2D eigenvalue weighted by Gasteiger charge is -2.42. The van der Waals surface area contributed by atoms with E-state index >= 15 is 0 Å². The molecule has 3 aromatic rings. The van der Waals surface area contributed by atoms with Gasteiger partial charge in [0.05, 0.1) is 28.6 Å². The molecule has 0 saturated carbocycles. The lowest BCUT2D eigenvalue weighted by atomic mass is 9.99. The first-order chi connectivity index (χ1) is 20.7. The molecule has 1 fully saturated rings. The third kappa shape index (κ3) is 8.26. The summed E-state index contributed by atoms with van der Waals surface area (Å²) in [5.74, 6) is -1.15. The monoisotopic (exact) mass is 588 g/mol. The zero-order valence-electron chi connectivity index (χ0n) is 24.7. The summed E-state index contributed by atoms with van der Waals surface area (Å²) < 4.78 is 20.1. The summed E-state index contributed by atoms with van der Waals surface area (Å²) in [5.41, 5.74) is 3.53. The molecule has 226 valence electrons. The Bertz CT molecular complexity index is 1450. The zero-order valence-corrected chi connectivity index (χ0v) is 24.7. The number of rotatable bonds is 12. The highest BCUT2D eigenvalue weighted by Crippen LogP contribution is 2.29. The molecule has 2 N–H and O–H groups in total. The van der Waals surface area contributed by atoms with Gasteiger partial charge in [-0.1, -0.05) is 0 Å². The minimum Gasteiger partial charge on any atom is -0.482 e. The lowest BCUT2D eigenvalue weighted by Crippen LogP contribution is -2.48. The summed E-state index contributed by atoms with van der Waals surface area (Å²) in [6.45, 7) is 7.81. The summed E-state index contributed by atoms with van der Waals surface area (Å²) >= 11 is 0. The van der Waals surface area contributed by atoms with Gasteiger partial charge in [-0.2, -0.15) is 5.26 Å². The number of hydrogen-bond donors (Lipinski definition) is 2. The smallest absolute Gasteiger partial charge is 0.341 e. The Morgan fingerprint density at radius 1 is 1.16 bits per heavy atom. The summed E-state index contributed by atoms with van der Waals surface area (Å²) in [6, 6.07) is 14.0.